The van der Waals surface area contributed by atoms with E-state index in [1.165, 1.54) is 0 Å². The van der Waals surface area contributed by atoms with E-state index >= 15 is 0 Å². The van der Waals surface area contributed by atoms with Crippen LogP contribution in [0.25, 0.3) is 0 Å². The van der Waals surface area contributed by atoms with Gasteiger partial charge in [0.2, 0.25) is 0 Å². The van der Waals surface area contributed by atoms with E-state index in [4.69, 9.17) is 10.5 Å². The fourth-order valence-corrected chi connectivity index (χ4v) is 2.25. The van der Waals surface area contributed by atoms with Crippen molar-refractivity contribution < 1.29 is 9.53 Å². The van der Waals surface area contributed by atoms with Crippen molar-refractivity contribution in [2.45, 2.75) is 58.1 Å². The highest BCUT2D eigenvalue weighted by Gasteiger charge is 2.28. The van der Waals surface area contributed by atoms with Gasteiger partial charge in [-0.05, 0) is 58.9 Å². The molecule has 0 bridgehead atoms. The van der Waals surface area contributed by atoms with Crippen LogP contribution in [0.1, 0.15) is 46.5 Å². The average Bonchev–Trinajstić information content (AvgIpc) is 2.26. The van der Waals surface area contributed by atoms with Crippen LogP contribution in [0.5, 0.6) is 0 Å². The number of ether oxygens (including phenoxy) is 1. The van der Waals surface area contributed by atoms with Crippen molar-refractivity contribution in [1.82, 2.24) is 4.90 Å². The lowest BCUT2D eigenvalue weighted by Crippen LogP contribution is -2.42. The lowest BCUT2D eigenvalue weighted by Gasteiger charge is -2.35. The molecule has 0 atom stereocenters. The van der Waals surface area contributed by atoms with Gasteiger partial charge in [0.15, 0.2) is 0 Å². The second kappa shape index (κ2) is 5.71. The molecule has 1 aliphatic carbocycles. The minimum Gasteiger partial charge on any atom is -0.444 e. The summed E-state index contributed by atoms with van der Waals surface area (Å²) in [5.41, 5.74) is 5.25. The minimum atomic E-state index is -0.417. The van der Waals surface area contributed by atoms with Crippen molar-refractivity contribution in [3.8, 4) is 0 Å². The van der Waals surface area contributed by atoms with E-state index in [0.29, 0.717) is 12.0 Å². The van der Waals surface area contributed by atoms with Crippen LogP contribution in [0.15, 0.2) is 0 Å². The second-order valence-corrected chi connectivity index (χ2v) is 6.00. The molecule has 4 heteroatoms. The van der Waals surface area contributed by atoms with E-state index in [1.54, 1.807) is 4.90 Å². The van der Waals surface area contributed by atoms with Gasteiger partial charge in [-0.3, -0.25) is 0 Å². The molecule has 1 rings (SSSR count). The highest BCUT2D eigenvalue weighted by atomic mass is 16.6. The Kier molecular flexibility index (Phi) is 4.80. The fourth-order valence-electron chi connectivity index (χ4n) is 2.25. The molecule has 2 N–H and O–H groups in total. The van der Waals surface area contributed by atoms with Gasteiger partial charge in [-0.1, -0.05) is 0 Å². The molecule has 0 radical (unpaired) electrons. The summed E-state index contributed by atoms with van der Waals surface area (Å²) < 4.78 is 5.37. The summed E-state index contributed by atoms with van der Waals surface area (Å²) in [6.45, 7) is 6.45. The number of rotatable bonds is 2. The van der Waals surface area contributed by atoms with E-state index in [9.17, 15) is 4.79 Å². The maximum absolute atomic E-state index is 11.9. The Morgan fingerprint density at radius 3 is 2.24 bits per heavy atom. The van der Waals surface area contributed by atoms with Gasteiger partial charge in [0.25, 0.3) is 0 Å². The smallest absolute Gasteiger partial charge is 0.410 e. The van der Waals surface area contributed by atoms with Crippen LogP contribution < -0.4 is 5.73 Å². The molecule has 0 aromatic carbocycles. The number of nitrogens with two attached hydrogens (primary N) is 1. The van der Waals surface area contributed by atoms with Crippen LogP contribution in [-0.2, 0) is 4.74 Å². The van der Waals surface area contributed by atoms with E-state index in [-0.39, 0.29) is 6.09 Å². The van der Waals surface area contributed by atoms with Gasteiger partial charge in [-0.2, -0.15) is 0 Å². The molecule has 1 amide bonds. The predicted octanol–water partition coefficient (Wildman–Crippen LogP) is 2.37. The van der Waals surface area contributed by atoms with E-state index in [1.807, 2.05) is 27.8 Å². The van der Waals surface area contributed by atoms with Gasteiger partial charge in [-0.15, -0.1) is 0 Å². The van der Waals surface area contributed by atoms with Crippen LogP contribution in [0.2, 0.25) is 0 Å². The zero-order chi connectivity index (χ0) is 13.1. The quantitative estimate of drug-likeness (QED) is 0.808. The van der Waals surface area contributed by atoms with Gasteiger partial charge >= 0.3 is 6.09 Å². The Morgan fingerprint density at radius 2 is 1.82 bits per heavy atom. The van der Waals surface area contributed by atoms with Crippen molar-refractivity contribution >= 4 is 6.09 Å². The molecule has 0 aromatic rings. The van der Waals surface area contributed by atoms with Crippen LogP contribution >= 0.6 is 0 Å². The van der Waals surface area contributed by atoms with Gasteiger partial charge in [-0.25, -0.2) is 4.79 Å². The van der Waals surface area contributed by atoms with E-state index in [2.05, 4.69) is 0 Å². The standard InChI is InChI=1S/C13H26N2O2/c1-13(2,3)17-12(16)15(4)11-7-5-10(9-14)6-8-11/h10-11H,5-9,14H2,1-4H3/t10-,11+. The SMILES string of the molecule is CN(C(=O)OC(C)(C)C)[C@H]1CC[C@@H](CN)CC1. The third-order valence-corrected chi connectivity index (χ3v) is 3.38. The number of carbonyl (C=O) groups excluding carboxylic acids is 1. The summed E-state index contributed by atoms with van der Waals surface area (Å²) >= 11 is 0. The molecule has 0 saturated heterocycles. The minimum absolute atomic E-state index is 0.214. The van der Waals surface area contributed by atoms with Gasteiger partial charge in [0.1, 0.15) is 5.60 Å². The lowest BCUT2D eigenvalue weighted by molar-refractivity contribution is 0.0174. The predicted molar refractivity (Wildman–Crippen MR) is 68.8 cm³/mol. The first-order chi connectivity index (χ1) is 7.83. The topological polar surface area (TPSA) is 55.6 Å². The summed E-state index contributed by atoms with van der Waals surface area (Å²) in [5, 5.41) is 0. The monoisotopic (exact) mass is 242 g/mol. The van der Waals surface area contributed by atoms with Crippen LogP contribution in [0, 0.1) is 5.92 Å². The number of amides is 1. The van der Waals surface area contributed by atoms with Gasteiger partial charge < -0.3 is 15.4 Å². The lowest BCUT2D eigenvalue weighted by atomic mass is 9.86. The first-order valence-electron chi connectivity index (χ1n) is 6.49. The zero-order valence-corrected chi connectivity index (χ0v) is 11.5. The molecule has 0 aromatic heterocycles. The Hall–Kier alpha value is -0.770. The molecule has 1 saturated carbocycles. The summed E-state index contributed by atoms with van der Waals surface area (Å²) in [4.78, 5) is 13.6. The largest absolute Gasteiger partial charge is 0.444 e. The Morgan fingerprint density at radius 1 is 1.29 bits per heavy atom. The second-order valence-electron chi connectivity index (χ2n) is 6.00. The third kappa shape index (κ3) is 4.54. The molecular weight excluding hydrogens is 216 g/mol. The molecular formula is C13H26N2O2. The van der Waals surface area contributed by atoms with E-state index in [0.717, 1.165) is 32.2 Å². The molecule has 0 aliphatic heterocycles. The Balaban J connectivity index is 2.43. The number of hydrogen-bond donors (Lipinski definition) is 1. The average molecular weight is 242 g/mol. The van der Waals surface area contributed by atoms with Crippen LogP contribution in [0.3, 0.4) is 0 Å². The summed E-state index contributed by atoms with van der Waals surface area (Å²) in [7, 11) is 1.83. The fraction of sp³-hybridized carbons (Fsp3) is 0.923. The molecule has 1 fully saturated rings. The molecule has 0 heterocycles. The van der Waals surface area contributed by atoms with E-state index < -0.39 is 5.60 Å². The summed E-state index contributed by atoms with van der Waals surface area (Å²) in [5.74, 6) is 0.637. The van der Waals surface area contributed by atoms with Crippen LogP contribution in [-0.4, -0.2) is 36.2 Å². The highest BCUT2D eigenvalue weighted by Crippen LogP contribution is 2.27. The van der Waals surface area contributed by atoms with Crippen molar-refractivity contribution in [2.75, 3.05) is 13.6 Å². The van der Waals surface area contributed by atoms with Gasteiger partial charge in [0.05, 0.1) is 0 Å². The first kappa shape index (κ1) is 14.3. The maximum atomic E-state index is 11.9. The van der Waals surface area contributed by atoms with Gasteiger partial charge in [0, 0.05) is 13.1 Å². The van der Waals surface area contributed by atoms with Crippen molar-refractivity contribution in [1.29, 1.82) is 0 Å². The molecule has 0 spiro atoms. The number of hydrogen-bond acceptors (Lipinski definition) is 3. The van der Waals surface area contributed by atoms with Crippen molar-refractivity contribution in [2.24, 2.45) is 11.7 Å². The molecule has 4 nitrogen and oxygen atoms in total. The Bertz CT molecular complexity index is 253. The molecule has 100 valence electrons. The number of nitrogens with zero attached hydrogens (tertiary/aromatic N) is 1. The summed E-state index contributed by atoms with van der Waals surface area (Å²) in [6, 6.07) is 0.313. The van der Waals surface area contributed by atoms with Crippen molar-refractivity contribution in [3.05, 3.63) is 0 Å². The molecule has 1 aliphatic rings. The Labute approximate surface area is 104 Å². The summed E-state index contributed by atoms with van der Waals surface area (Å²) in [6.07, 6.45) is 4.10. The highest BCUT2D eigenvalue weighted by molar-refractivity contribution is 5.68. The molecule has 17 heavy (non-hydrogen) atoms. The first-order valence-corrected chi connectivity index (χ1v) is 6.49. The molecule has 0 unspecified atom stereocenters. The normalized spacial score (nSPS) is 25.5. The van der Waals surface area contributed by atoms with Crippen LogP contribution in [0.4, 0.5) is 4.79 Å². The third-order valence-electron chi connectivity index (χ3n) is 3.38. The van der Waals surface area contributed by atoms with Crippen molar-refractivity contribution in [3.63, 3.8) is 0 Å². The zero-order valence-electron chi connectivity index (χ0n) is 11.5. The number of carbonyl (C=O) groups is 1. The maximum Gasteiger partial charge on any atom is 0.410 e.